The zero-order chi connectivity index (χ0) is 16.0. The van der Waals surface area contributed by atoms with Gasteiger partial charge in [0.1, 0.15) is 23.5 Å². The SMILES string of the molecule is CCN(CC)C(=O)C(C)Nc1cc(NC)nc(C(C)C)n1. The van der Waals surface area contributed by atoms with E-state index >= 15 is 0 Å². The summed E-state index contributed by atoms with van der Waals surface area (Å²) in [4.78, 5) is 23.0. The van der Waals surface area contributed by atoms with Crippen molar-refractivity contribution in [3.63, 3.8) is 0 Å². The Labute approximate surface area is 127 Å². The molecule has 1 atom stereocenters. The van der Waals surface area contributed by atoms with Crippen LogP contribution in [0, 0.1) is 0 Å². The van der Waals surface area contributed by atoms with Crippen LogP contribution >= 0.6 is 0 Å². The molecule has 0 aliphatic rings. The van der Waals surface area contributed by atoms with Gasteiger partial charge in [-0.05, 0) is 20.8 Å². The molecule has 1 amide bonds. The maximum atomic E-state index is 12.3. The Morgan fingerprint density at radius 2 is 1.76 bits per heavy atom. The minimum Gasteiger partial charge on any atom is -0.373 e. The molecule has 0 bridgehead atoms. The van der Waals surface area contributed by atoms with Crippen molar-refractivity contribution in [3.8, 4) is 0 Å². The molecule has 0 aliphatic heterocycles. The second kappa shape index (κ2) is 7.81. The van der Waals surface area contributed by atoms with Gasteiger partial charge in [0.15, 0.2) is 0 Å². The van der Waals surface area contributed by atoms with E-state index in [0.717, 1.165) is 11.6 Å². The summed E-state index contributed by atoms with van der Waals surface area (Å²) < 4.78 is 0. The van der Waals surface area contributed by atoms with Crippen molar-refractivity contribution in [2.75, 3.05) is 30.8 Å². The van der Waals surface area contributed by atoms with Crippen LogP contribution in [0.5, 0.6) is 0 Å². The number of carbonyl (C=O) groups is 1. The molecule has 0 spiro atoms. The lowest BCUT2D eigenvalue weighted by Gasteiger charge is -2.24. The van der Waals surface area contributed by atoms with Crippen molar-refractivity contribution in [3.05, 3.63) is 11.9 Å². The summed E-state index contributed by atoms with van der Waals surface area (Å²) in [6.07, 6.45) is 0. The number of aromatic nitrogens is 2. The number of likely N-dealkylation sites (N-methyl/N-ethyl adjacent to an activating group) is 1. The van der Waals surface area contributed by atoms with Gasteiger partial charge < -0.3 is 15.5 Å². The van der Waals surface area contributed by atoms with Crippen LogP contribution in [-0.2, 0) is 4.79 Å². The molecule has 1 rings (SSSR count). The van der Waals surface area contributed by atoms with E-state index in [9.17, 15) is 4.79 Å². The van der Waals surface area contributed by atoms with E-state index in [-0.39, 0.29) is 17.9 Å². The highest BCUT2D eigenvalue weighted by Gasteiger charge is 2.19. The van der Waals surface area contributed by atoms with Crippen molar-refractivity contribution < 1.29 is 4.79 Å². The molecule has 0 aliphatic carbocycles. The lowest BCUT2D eigenvalue weighted by molar-refractivity contribution is -0.131. The van der Waals surface area contributed by atoms with E-state index in [1.54, 1.807) is 4.90 Å². The van der Waals surface area contributed by atoms with Crippen LogP contribution in [0.4, 0.5) is 11.6 Å². The second-order valence-electron chi connectivity index (χ2n) is 5.28. The first-order valence-corrected chi connectivity index (χ1v) is 7.54. The maximum absolute atomic E-state index is 12.3. The summed E-state index contributed by atoms with van der Waals surface area (Å²) in [5.74, 6) is 2.49. The first-order valence-electron chi connectivity index (χ1n) is 7.54. The van der Waals surface area contributed by atoms with E-state index in [4.69, 9.17) is 0 Å². The van der Waals surface area contributed by atoms with Crippen LogP contribution in [0.25, 0.3) is 0 Å². The smallest absolute Gasteiger partial charge is 0.244 e. The van der Waals surface area contributed by atoms with Crippen LogP contribution in [0.3, 0.4) is 0 Å². The summed E-state index contributed by atoms with van der Waals surface area (Å²) in [7, 11) is 1.82. The van der Waals surface area contributed by atoms with Gasteiger partial charge in [-0.25, -0.2) is 9.97 Å². The van der Waals surface area contributed by atoms with Gasteiger partial charge in [-0.2, -0.15) is 0 Å². The van der Waals surface area contributed by atoms with Crippen molar-refractivity contribution in [1.82, 2.24) is 14.9 Å². The predicted octanol–water partition coefficient (Wildman–Crippen LogP) is 2.31. The van der Waals surface area contributed by atoms with E-state index < -0.39 is 0 Å². The molecule has 0 aromatic carbocycles. The van der Waals surface area contributed by atoms with Gasteiger partial charge in [0.2, 0.25) is 5.91 Å². The highest BCUT2D eigenvalue weighted by molar-refractivity contribution is 5.84. The van der Waals surface area contributed by atoms with Crippen LogP contribution in [0.2, 0.25) is 0 Å². The number of nitrogens with one attached hydrogen (secondary N) is 2. The number of rotatable bonds is 7. The molecule has 1 aromatic heterocycles. The molecule has 6 heteroatoms. The number of amides is 1. The summed E-state index contributed by atoms with van der Waals surface area (Å²) in [6.45, 7) is 11.3. The minimum absolute atomic E-state index is 0.0794. The molecule has 2 N–H and O–H groups in total. The summed E-state index contributed by atoms with van der Waals surface area (Å²) >= 11 is 0. The molecule has 0 saturated carbocycles. The third-order valence-electron chi connectivity index (χ3n) is 3.33. The standard InChI is InChI=1S/C15H27N5O/c1-7-20(8-2)15(21)11(5)17-13-9-12(16-6)18-14(19-13)10(3)4/h9-11H,7-8H2,1-6H3,(H2,16,17,18,19). The minimum atomic E-state index is -0.315. The third kappa shape index (κ3) is 4.58. The Morgan fingerprint density at radius 1 is 1.19 bits per heavy atom. The first-order chi connectivity index (χ1) is 9.92. The predicted molar refractivity (Wildman–Crippen MR) is 86.7 cm³/mol. The van der Waals surface area contributed by atoms with Crippen LogP contribution in [-0.4, -0.2) is 47.0 Å². The topological polar surface area (TPSA) is 70.2 Å². The second-order valence-corrected chi connectivity index (χ2v) is 5.28. The number of carbonyl (C=O) groups excluding carboxylic acids is 1. The van der Waals surface area contributed by atoms with Crippen LogP contribution in [0.15, 0.2) is 6.07 Å². The van der Waals surface area contributed by atoms with Crippen molar-refractivity contribution in [2.24, 2.45) is 0 Å². The molecular weight excluding hydrogens is 266 g/mol. The molecule has 0 saturated heterocycles. The Morgan fingerprint density at radius 3 is 2.24 bits per heavy atom. The maximum Gasteiger partial charge on any atom is 0.244 e. The number of nitrogens with zero attached hydrogens (tertiary/aromatic N) is 3. The summed E-state index contributed by atoms with van der Waals surface area (Å²) in [6, 6.07) is 1.50. The fraction of sp³-hybridized carbons (Fsp3) is 0.667. The number of hydrogen-bond donors (Lipinski definition) is 2. The molecule has 1 unspecified atom stereocenters. The molecule has 6 nitrogen and oxygen atoms in total. The van der Waals surface area contributed by atoms with Gasteiger partial charge in [-0.15, -0.1) is 0 Å². The highest BCUT2D eigenvalue weighted by Crippen LogP contribution is 2.17. The fourth-order valence-electron chi connectivity index (χ4n) is 2.02. The Balaban J connectivity index is 2.91. The summed E-state index contributed by atoms with van der Waals surface area (Å²) in [5, 5.41) is 6.20. The van der Waals surface area contributed by atoms with Crippen LogP contribution in [0.1, 0.15) is 46.4 Å². The van der Waals surface area contributed by atoms with E-state index in [1.165, 1.54) is 0 Å². The summed E-state index contributed by atoms with van der Waals surface area (Å²) in [5.41, 5.74) is 0. The van der Waals surface area contributed by atoms with Crippen molar-refractivity contribution in [2.45, 2.75) is 46.6 Å². The first kappa shape index (κ1) is 17.2. The average Bonchev–Trinajstić information content (AvgIpc) is 2.47. The molecule has 1 heterocycles. The largest absolute Gasteiger partial charge is 0.373 e. The monoisotopic (exact) mass is 293 g/mol. The molecular formula is C15H27N5O. The lowest BCUT2D eigenvalue weighted by Crippen LogP contribution is -2.41. The Kier molecular flexibility index (Phi) is 6.39. The normalized spacial score (nSPS) is 12.1. The van der Waals surface area contributed by atoms with Gasteiger partial charge >= 0.3 is 0 Å². The average molecular weight is 293 g/mol. The molecule has 118 valence electrons. The molecule has 21 heavy (non-hydrogen) atoms. The van der Waals surface area contributed by atoms with Crippen LogP contribution < -0.4 is 10.6 Å². The molecule has 1 aromatic rings. The Hall–Kier alpha value is -1.85. The van der Waals surface area contributed by atoms with Gasteiger partial charge in [0.05, 0.1) is 0 Å². The quantitative estimate of drug-likeness (QED) is 0.807. The molecule has 0 radical (unpaired) electrons. The fourth-order valence-corrected chi connectivity index (χ4v) is 2.02. The van der Waals surface area contributed by atoms with Crippen molar-refractivity contribution in [1.29, 1.82) is 0 Å². The third-order valence-corrected chi connectivity index (χ3v) is 3.33. The van der Waals surface area contributed by atoms with Crippen molar-refractivity contribution >= 4 is 17.5 Å². The zero-order valence-corrected chi connectivity index (χ0v) is 13.9. The number of hydrogen-bond acceptors (Lipinski definition) is 5. The van der Waals surface area contributed by atoms with Gasteiger partial charge in [-0.1, -0.05) is 13.8 Å². The lowest BCUT2D eigenvalue weighted by atomic mass is 10.2. The Bertz CT molecular complexity index is 471. The van der Waals surface area contributed by atoms with E-state index in [2.05, 4.69) is 20.6 Å². The van der Waals surface area contributed by atoms with Gasteiger partial charge in [-0.3, -0.25) is 4.79 Å². The van der Waals surface area contributed by atoms with Gasteiger partial charge in [0.25, 0.3) is 0 Å². The van der Waals surface area contributed by atoms with Gasteiger partial charge in [0, 0.05) is 32.1 Å². The zero-order valence-electron chi connectivity index (χ0n) is 13.9. The highest BCUT2D eigenvalue weighted by atomic mass is 16.2. The van der Waals surface area contributed by atoms with E-state index in [1.807, 2.05) is 47.7 Å². The molecule has 0 fully saturated rings. The van der Waals surface area contributed by atoms with E-state index in [0.29, 0.717) is 18.9 Å². The number of anilines is 2.